The van der Waals surface area contributed by atoms with Crippen LogP contribution in [0.2, 0.25) is 0 Å². The molecule has 0 fully saturated rings. The van der Waals surface area contributed by atoms with E-state index in [1.165, 1.54) is 5.57 Å². The van der Waals surface area contributed by atoms with Crippen LogP contribution < -0.4 is 0 Å². The number of hydrogen-bond acceptors (Lipinski definition) is 0. The average Bonchev–Trinajstić information content (AvgIpc) is 2.57. The van der Waals surface area contributed by atoms with Gasteiger partial charge in [0.15, 0.2) is 0 Å². The molecule has 12 heavy (non-hydrogen) atoms. The summed E-state index contributed by atoms with van der Waals surface area (Å²) in [5.41, 5.74) is 1.27. The molecule has 0 heterocycles. The first-order valence-corrected chi connectivity index (χ1v) is 3.85. The van der Waals surface area contributed by atoms with Crippen LogP contribution in [0.15, 0.2) is 36.0 Å². The molecule has 0 unspecified atom stereocenters. The van der Waals surface area contributed by atoms with Gasteiger partial charge in [-0.1, -0.05) is 6.92 Å². The van der Waals surface area contributed by atoms with E-state index in [9.17, 15) is 0 Å². The van der Waals surface area contributed by atoms with Crippen molar-refractivity contribution in [3.8, 4) is 0 Å². The third kappa shape index (κ3) is 5.49. The summed E-state index contributed by atoms with van der Waals surface area (Å²) in [5, 5.41) is 0. The second-order valence-corrected chi connectivity index (χ2v) is 2.47. The van der Waals surface area contributed by atoms with Crippen molar-refractivity contribution in [3.63, 3.8) is 0 Å². The zero-order valence-corrected chi connectivity index (χ0v) is 9.76. The molecular weight excluding hydrogens is 223 g/mol. The molecule has 0 N–H and O–H groups in total. The van der Waals surface area contributed by atoms with Gasteiger partial charge < -0.3 is 0 Å². The first-order chi connectivity index (χ1) is 5.39. The number of allylic oxidation sites excluding steroid dienone is 8. The van der Waals surface area contributed by atoms with Crippen LogP contribution >= 0.6 is 0 Å². The average molecular weight is 235 g/mol. The van der Waals surface area contributed by atoms with Crippen LogP contribution in [0.5, 0.6) is 0 Å². The van der Waals surface area contributed by atoms with E-state index in [4.69, 9.17) is 0 Å². The van der Waals surface area contributed by atoms with Crippen LogP contribution in [0.25, 0.3) is 0 Å². The van der Waals surface area contributed by atoms with E-state index in [1.54, 1.807) is 0 Å². The smallest absolute Gasteiger partial charge is 0.273 e. The van der Waals surface area contributed by atoms with Crippen molar-refractivity contribution in [3.05, 3.63) is 48.1 Å². The monoisotopic (exact) mass is 234 g/mol. The summed E-state index contributed by atoms with van der Waals surface area (Å²) < 4.78 is 0. The topological polar surface area (TPSA) is 0 Å². The first-order valence-electron chi connectivity index (χ1n) is 3.85. The molecule has 0 aromatic rings. The van der Waals surface area contributed by atoms with Crippen molar-refractivity contribution in [1.29, 1.82) is 0 Å². The molecule has 2 aliphatic rings. The number of hydrogen-bond donors (Lipinski definition) is 0. The summed E-state index contributed by atoms with van der Waals surface area (Å²) >= 11 is 0. The van der Waals surface area contributed by atoms with Gasteiger partial charge in [-0.15, -0.1) is 12.8 Å². The van der Waals surface area contributed by atoms with Crippen molar-refractivity contribution in [1.82, 2.24) is 0 Å². The quantitative estimate of drug-likeness (QED) is 0.566. The second kappa shape index (κ2) is 7.49. The third-order valence-corrected chi connectivity index (χ3v) is 1.45. The van der Waals surface area contributed by atoms with Crippen molar-refractivity contribution in [2.45, 2.75) is 19.8 Å². The van der Waals surface area contributed by atoms with Gasteiger partial charge in [-0.25, -0.2) is 23.8 Å². The largest absolute Gasteiger partial charge is 2.00 e. The number of rotatable bonds is 0. The molecule has 1 heteroatoms. The van der Waals surface area contributed by atoms with Crippen LogP contribution in [0.4, 0.5) is 0 Å². The molecule has 0 saturated carbocycles. The van der Waals surface area contributed by atoms with Crippen LogP contribution in [-0.4, -0.2) is 0 Å². The molecule has 0 nitrogen and oxygen atoms in total. The van der Waals surface area contributed by atoms with E-state index < -0.39 is 0 Å². The predicted molar refractivity (Wildman–Crippen MR) is 47.8 cm³/mol. The van der Waals surface area contributed by atoms with Crippen molar-refractivity contribution in [2.75, 3.05) is 0 Å². The molecule has 0 aliphatic heterocycles. The Balaban J connectivity index is 0.000000189. The molecule has 0 radical (unpaired) electrons. The molecular formula is C11H12Zr. The molecule has 2 aliphatic carbocycles. The minimum Gasteiger partial charge on any atom is -0.273 e. The van der Waals surface area contributed by atoms with E-state index in [-0.39, 0.29) is 26.2 Å². The molecule has 0 bridgehead atoms. The zero-order valence-electron chi connectivity index (χ0n) is 7.30. The Morgan fingerprint density at radius 3 is 2.25 bits per heavy atom. The molecule has 0 saturated heterocycles. The van der Waals surface area contributed by atoms with E-state index in [2.05, 4.69) is 37.3 Å². The fourth-order valence-electron chi connectivity index (χ4n) is 0.855. The van der Waals surface area contributed by atoms with Gasteiger partial charge in [0.25, 0.3) is 0 Å². The van der Waals surface area contributed by atoms with Gasteiger partial charge in [-0.3, -0.25) is 12.2 Å². The van der Waals surface area contributed by atoms with Gasteiger partial charge in [0.2, 0.25) is 0 Å². The summed E-state index contributed by atoms with van der Waals surface area (Å²) in [7, 11) is 0. The van der Waals surface area contributed by atoms with Gasteiger partial charge in [-0.2, -0.15) is 12.2 Å². The molecule has 0 amide bonds. The van der Waals surface area contributed by atoms with E-state index in [1.807, 2.05) is 12.2 Å². The Labute approximate surface area is 93.9 Å². The summed E-state index contributed by atoms with van der Waals surface area (Å²) in [4.78, 5) is 0. The normalized spacial score (nSPS) is 16.6. The third-order valence-electron chi connectivity index (χ3n) is 1.45. The fraction of sp³-hybridized carbons (Fsp3) is 0.273. The summed E-state index contributed by atoms with van der Waals surface area (Å²) in [6.45, 7) is 2.06. The van der Waals surface area contributed by atoms with Crippen molar-refractivity contribution < 1.29 is 26.2 Å². The van der Waals surface area contributed by atoms with Gasteiger partial charge in [0, 0.05) is 0 Å². The Kier molecular flexibility index (Phi) is 7.39. The summed E-state index contributed by atoms with van der Waals surface area (Å²) in [6, 6.07) is 0. The Hall–Kier alpha value is -0.157. The van der Waals surface area contributed by atoms with E-state index in [0.717, 1.165) is 12.8 Å². The zero-order chi connectivity index (χ0) is 7.94. The molecule has 0 atom stereocenters. The van der Waals surface area contributed by atoms with Gasteiger partial charge >= 0.3 is 26.2 Å². The maximum absolute atomic E-state index is 3.12. The van der Waals surface area contributed by atoms with Crippen molar-refractivity contribution in [2.24, 2.45) is 0 Å². The van der Waals surface area contributed by atoms with Crippen LogP contribution in [0, 0.1) is 12.2 Å². The van der Waals surface area contributed by atoms with E-state index in [0.29, 0.717) is 0 Å². The molecule has 0 spiro atoms. The van der Waals surface area contributed by atoms with Gasteiger partial charge in [0.1, 0.15) is 0 Å². The van der Waals surface area contributed by atoms with Crippen molar-refractivity contribution >= 4 is 0 Å². The molecule has 0 aromatic heterocycles. The van der Waals surface area contributed by atoms with Crippen LogP contribution in [-0.2, 0) is 26.2 Å². The Morgan fingerprint density at radius 2 is 2.08 bits per heavy atom. The van der Waals surface area contributed by atoms with E-state index >= 15 is 0 Å². The first kappa shape index (κ1) is 11.8. The Bertz CT molecular complexity index is 206. The minimum atomic E-state index is 0. The summed E-state index contributed by atoms with van der Waals surface area (Å²) in [6.07, 6.45) is 18.3. The SMILES string of the molecule is CC1=[C-]CC=C1.[C-]1=CC=CC1.[Zr+2]. The van der Waals surface area contributed by atoms with Crippen LogP contribution in [0.3, 0.4) is 0 Å². The maximum Gasteiger partial charge on any atom is 2.00 e. The molecule has 0 aromatic carbocycles. The van der Waals surface area contributed by atoms with Gasteiger partial charge in [-0.05, 0) is 0 Å². The fourth-order valence-corrected chi connectivity index (χ4v) is 0.855. The minimum absolute atomic E-state index is 0. The standard InChI is InChI=1S/C6H7.C5H5.Zr/c1-6-4-2-3-5-6;1-2-4-5-3-1;/h2,4H,3H2,1H3;1-3H,4H2;/q2*-1;+2. The maximum atomic E-state index is 3.12. The van der Waals surface area contributed by atoms with Gasteiger partial charge in [0.05, 0.1) is 0 Å². The van der Waals surface area contributed by atoms with Crippen LogP contribution in [0.1, 0.15) is 19.8 Å². The molecule has 60 valence electrons. The second-order valence-electron chi connectivity index (χ2n) is 2.47. The Morgan fingerprint density at radius 1 is 1.25 bits per heavy atom. The summed E-state index contributed by atoms with van der Waals surface area (Å²) in [5.74, 6) is 0. The predicted octanol–water partition coefficient (Wildman–Crippen LogP) is 3.00. The molecule has 2 rings (SSSR count).